The summed E-state index contributed by atoms with van der Waals surface area (Å²) < 4.78 is 7.60. The van der Waals surface area contributed by atoms with Crippen LogP contribution >= 0.6 is 11.6 Å². The second-order valence-corrected chi connectivity index (χ2v) is 9.09. The quantitative estimate of drug-likeness (QED) is 0.348. The highest BCUT2D eigenvalue weighted by molar-refractivity contribution is 6.29. The van der Waals surface area contributed by atoms with Gasteiger partial charge in [0.25, 0.3) is 0 Å². The number of nitrogens with one attached hydrogen (secondary N) is 1. The Kier molecular flexibility index (Phi) is 5.40. The van der Waals surface area contributed by atoms with Crippen LogP contribution in [0.3, 0.4) is 0 Å². The van der Waals surface area contributed by atoms with Gasteiger partial charge in [-0.3, -0.25) is 0 Å². The van der Waals surface area contributed by atoms with E-state index in [1.807, 2.05) is 36.4 Å². The Morgan fingerprint density at radius 1 is 1.26 bits per heavy atom. The number of nitrogens with zero attached hydrogens (tertiary/aromatic N) is 4. The summed E-state index contributed by atoms with van der Waals surface area (Å²) >= 11 is 6.63. The van der Waals surface area contributed by atoms with Crippen LogP contribution in [0.5, 0.6) is 0 Å². The molecular weight excluding hydrogens is 409 g/mol. The van der Waals surface area contributed by atoms with Gasteiger partial charge in [-0.25, -0.2) is 9.50 Å². The lowest BCUT2D eigenvalue weighted by atomic mass is 9.96. The Morgan fingerprint density at radius 2 is 2.06 bits per heavy atom. The average molecular weight is 436 g/mol. The molecular formula is C23H27BClN5O. The highest BCUT2D eigenvalue weighted by Gasteiger charge is 2.47. The summed E-state index contributed by atoms with van der Waals surface area (Å²) in [7, 11) is 2.17. The molecule has 0 spiro atoms. The molecule has 1 aliphatic carbocycles. The van der Waals surface area contributed by atoms with Crippen molar-refractivity contribution in [2.24, 2.45) is 0 Å². The van der Waals surface area contributed by atoms with Crippen LogP contribution in [0, 0.1) is 0 Å². The molecule has 1 aliphatic heterocycles. The van der Waals surface area contributed by atoms with E-state index in [2.05, 4.69) is 30.8 Å². The van der Waals surface area contributed by atoms with Gasteiger partial charge in [-0.05, 0) is 50.4 Å². The first kappa shape index (κ1) is 20.4. The van der Waals surface area contributed by atoms with E-state index in [4.69, 9.17) is 26.4 Å². The van der Waals surface area contributed by atoms with Gasteiger partial charge in [0.1, 0.15) is 11.8 Å². The maximum absolute atomic E-state index is 6.63. The van der Waals surface area contributed by atoms with Gasteiger partial charge in [0, 0.05) is 12.1 Å². The molecule has 3 heterocycles. The highest BCUT2D eigenvalue weighted by Crippen LogP contribution is 2.46. The SMILES string of the molecule is BN1CCCCC1c1cc2nc(C3(NC(=C)OCc4ccccc4)CC3)cc(Cl)n2n1. The largest absolute Gasteiger partial charge is 0.475 e. The van der Waals surface area contributed by atoms with Crippen molar-refractivity contribution < 1.29 is 4.74 Å². The highest BCUT2D eigenvalue weighted by atomic mass is 35.5. The molecule has 5 rings (SSSR count). The number of benzene rings is 1. The molecule has 0 amide bonds. The summed E-state index contributed by atoms with van der Waals surface area (Å²) in [5.41, 5.74) is 3.59. The summed E-state index contributed by atoms with van der Waals surface area (Å²) in [6.07, 6.45) is 5.52. The Labute approximate surface area is 188 Å². The number of piperidine rings is 1. The van der Waals surface area contributed by atoms with E-state index in [1.54, 1.807) is 4.52 Å². The summed E-state index contributed by atoms with van der Waals surface area (Å²) in [5, 5.41) is 8.80. The third kappa shape index (κ3) is 4.17. The third-order valence-electron chi connectivity index (χ3n) is 6.39. The van der Waals surface area contributed by atoms with Gasteiger partial charge in [0.05, 0.1) is 16.9 Å². The lowest BCUT2D eigenvalue weighted by molar-refractivity contribution is 0.168. The predicted octanol–water partition coefficient (Wildman–Crippen LogP) is 3.72. The van der Waals surface area contributed by atoms with E-state index in [0.29, 0.717) is 23.7 Å². The van der Waals surface area contributed by atoms with Gasteiger partial charge in [-0.15, -0.1) is 0 Å². The third-order valence-corrected chi connectivity index (χ3v) is 6.66. The minimum Gasteiger partial charge on any atom is -0.475 e. The summed E-state index contributed by atoms with van der Waals surface area (Å²) in [6, 6.07) is 14.4. The van der Waals surface area contributed by atoms with Crippen molar-refractivity contribution in [1.29, 1.82) is 0 Å². The van der Waals surface area contributed by atoms with Crippen LogP contribution in [0.15, 0.2) is 54.9 Å². The molecule has 1 saturated carbocycles. The van der Waals surface area contributed by atoms with Crippen molar-refractivity contribution in [2.45, 2.75) is 50.3 Å². The number of halogens is 1. The lowest BCUT2D eigenvalue weighted by Gasteiger charge is -2.31. The van der Waals surface area contributed by atoms with Gasteiger partial charge >= 0.3 is 0 Å². The first-order valence-corrected chi connectivity index (χ1v) is 11.3. The standard InChI is InChI=1S/C23H27BClN5O/c1-16(31-15-17-7-3-2-4-8-17)27-23(10-11-23)20-14-21(25)30-22(26-20)13-18(28-30)19-9-5-6-12-29(19)24/h2-4,7-8,13-14,19,27H,1,5-6,9-12,15,24H2. The van der Waals surface area contributed by atoms with Crippen molar-refractivity contribution in [3.63, 3.8) is 0 Å². The fourth-order valence-electron chi connectivity index (χ4n) is 4.43. The molecule has 0 bridgehead atoms. The second kappa shape index (κ2) is 8.21. The van der Waals surface area contributed by atoms with Crippen molar-refractivity contribution in [3.05, 3.63) is 77.0 Å². The maximum atomic E-state index is 6.63. The molecule has 2 aromatic heterocycles. The summed E-state index contributed by atoms with van der Waals surface area (Å²) in [5.74, 6) is 0.553. The number of fused-ring (bicyclic) bond motifs is 1. The molecule has 1 atom stereocenters. The van der Waals surface area contributed by atoms with Crippen LogP contribution in [-0.2, 0) is 16.9 Å². The molecule has 1 unspecified atom stereocenters. The minimum atomic E-state index is -0.273. The van der Waals surface area contributed by atoms with E-state index in [0.717, 1.165) is 48.4 Å². The molecule has 31 heavy (non-hydrogen) atoms. The van der Waals surface area contributed by atoms with Crippen LogP contribution in [0.2, 0.25) is 5.15 Å². The Balaban J connectivity index is 1.34. The summed E-state index contributed by atoms with van der Waals surface area (Å²) in [6.45, 7) is 5.64. The molecule has 160 valence electrons. The summed E-state index contributed by atoms with van der Waals surface area (Å²) in [4.78, 5) is 7.29. The fourth-order valence-corrected chi connectivity index (χ4v) is 4.66. The van der Waals surface area contributed by atoms with Gasteiger partial charge < -0.3 is 14.9 Å². The van der Waals surface area contributed by atoms with Gasteiger partial charge in [0.2, 0.25) is 0 Å². The topological polar surface area (TPSA) is 54.7 Å². The zero-order chi connectivity index (χ0) is 21.4. The van der Waals surface area contributed by atoms with E-state index in [1.165, 1.54) is 12.8 Å². The molecule has 0 radical (unpaired) electrons. The zero-order valence-electron chi connectivity index (χ0n) is 17.9. The normalized spacial score (nSPS) is 20.5. The van der Waals surface area contributed by atoms with Crippen molar-refractivity contribution in [3.8, 4) is 0 Å². The second-order valence-electron chi connectivity index (χ2n) is 8.70. The predicted molar refractivity (Wildman–Crippen MR) is 124 cm³/mol. The molecule has 8 heteroatoms. The van der Waals surface area contributed by atoms with Crippen molar-refractivity contribution in [2.75, 3.05) is 6.54 Å². The smallest absolute Gasteiger partial charge is 0.186 e. The maximum Gasteiger partial charge on any atom is 0.186 e. The van der Waals surface area contributed by atoms with Crippen LogP contribution in [0.1, 0.15) is 55.1 Å². The monoisotopic (exact) mass is 435 g/mol. The van der Waals surface area contributed by atoms with Crippen LogP contribution in [0.25, 0.3) is 5.65 Å². The number of hydrogen-bond acceptors (Lipinski definition) is 5. The van der Waals surface area contributed by atoms with Crippen molar-refractivity contribution in [1.82, 2.24) is 24.7 Å². The van der Waals surface area contributed by atoms with Crippen LogP contribution in [-0.4, -0.2) is 33.9 Å². The molecule has 2 aliphatic rings. The van der Waals surface area contributed by atoms with Gasteiger partial charge in [-0.2, -0.15) is 5.10 Å². The molecule has 1 aromatic carbocycles. The number of hydrogen-bond donors (Lipinski definition) is 1. The first-order chi connectivity index (χ1) is 15.0. The Morgan fingerprint density at radius 3 is 2.81 bits per heavy atom. The van der Waals surface area contributed by atoms with E-state index in [-0.39, 0.29) is 5.54 Å². The lowest BCUT2D eigenvalue weighted by Crippen LogP contribution is -2.31. The number of rotatable bonds is 7. The Bertz CT molecular complexity index is 1100. The Hall–Kier alpha value is -2.51. The average Bonchev–Trinajstić information content (AvgIpc) is 3.42. The van der Waals surface area contributed by atoms with Crippen molar-refractivity contribution >= 4 is 25.2 Å². The molecule has 3 aromatic rings. The molecule has 6 nitrogen and oxygen atoms in total. The first-order valence-electron chi connectivity index (χ1n) is 10.9. The van der Waals surface area contributed by atoms with Gasteiger partial charge in [-0.1, -0.05) is 48.4 Å². The van der Waals surface area contributed by atoms with E-state index < -0.39 is 0 Å². The minimum absolute atomic E-state index is 0.273. The van der Waals surface area contributed by atoms with Crippen LogP contribution < -0.4 is 5.32 Å². The number of aromatic nitrogens is 3. The fraction of sp³-hybridized carbons (Fsp3) is 0.391. The van der Waals surface area contributed by atoms with E-state index in [9.17, 15) is 0 Å². The van der Waals surface area contributed by atoms with E-state index >= 15 is 0 Å². The molecule has 2 fully saturated rings. The zero-order valence-corrected chi connectivity index (χ0v) is 18.6. The number of ether oxygens (including phenoxy) is 1. The van der Waals surface area contributed by atoms with Crippen LogP contribution in [0.4, 0.5) is 0 Å². The van der Waals surface area contributed by atoms with Gasteiger partial charge in [0.15, 0.2) is 19.5 Å². The molecule has 1 saturated heterocycles. The molecule has 1 N–H and O–H groups in total.